The van der Waals surface area contributed by atoms with Crippen molar-refractivity contribution in [2.24, 2.45) is 0 Å². The minimum absolute atomic E-state index is 0.0628. The summed E-state index contributed by atoms with van der Waals surface area (Å²) in [4.78, 5) is 9.64. The van der Waals surface area contributed by atoms with Gasteiger partial charge in [-0.25, -0.2) is 4.98 Å². The molecule has 0 bridgehead atoms. The SMILES string of the molecule is COC(C)(C)C1CN(C2CCN(c3ccccn3)CC2)[C@@H](Cc2ccc(Cl)cc2)CO1. The number of morpholine rings is 1. The van der Waals surface area contributed by atoms with Crippen LogP contribution < -0.4 is 4.90 Å². The first-order chi connectivity index (χ1) is 15.0. The van der Waals surface area contributed by atoms with Crippen LogP contribution in [0.5, 0.6) is 0 Å². The number of ether oxygens (including phenoxy) is 2. The second-order valence-corrected chi connectivity index (χ2v) is 9.65. The van der Waals surface area contributed by atoms with E-state index in [9.17, 15) is 0 Å². The fourth-order valence-electron chi connectivity index (χ4n) is 4.75. The van der Waals surface area contributed by atoms with Gasteiger partial charge in [0.05, 0.1) is 18.3 Å². The van der Waals surface area contributed by atoms with E-state index >= 15 is 0 Å². The van der Waals surface area contributed by atoms with Gasteiger partial charge in [0, 0.05) is 50.0 Å². The summed E-state index contributed by atoms with van der Waals surface area (Å²) in [5, 5.41) is 0.782. The average Bonchev–Trinajstić information content (AvgIpc) is 2.81. The molecule has 2 saturated heterocycles. The summed E-state index contributed by atoms with van der Waals surface area (Å²) < 4.78 is 12.1. The van der Waals surface area contributed by atoms with Crippen LogP contribution in [0.4, 0.5) is 5.82 Å². The van der Waals surface area contributed by atoms with Crippen molar-refractivity contribution in [3.05, 3.63) is 59.2 Å². The van der Waals surface area contributed by atoms with Crippen LogP contribution in [0.2, 0.25) is 5.02 Å². The van der Waals surface area contributed by atoms with E-state index in [-0.39, 0.29) is 11.7 Å². The van der Waals surface area contributed by atoms with E-state index < -0.39 is 0 Å². The van der Waals surface area contributed by atoms with Gasteiger partial charge in [0.1, 0.15) is 5.82 Å². The molecule has 0 radical (unpaired) electrons. The second-order valence-electron chi connectivity index (χ2n) is 9.22. The maximum atomic E-state index is 6.34. The highest BCUT2D eigenvalue weighted by atomic mass is 35.5. The molecule has 2 aliphatic rings. The molecule has 2 aromatic rings. The minimum Gasteiger partial charge on any atom is -0.376 e. The third-order valence-electron chi connectivity index (χ3n) is 6.93. The summed E-state index contributed by atoms with van der Waals surface area (Å²) in [6.07, 6.45) is 5.18. The Bertz CT molecular complexity index is 822. The van der Waals surface area contributed by atoms with Crippen LogP contribution >= 0.6 is 11.6 Å². The Labute approximate surface area is 191 Å². The number of anilines is 1. The number of hydrogen-bond donors (Lipinski definition) is 0. The van der Waals surface area contributed by atoms with E-state index in [0.717, 1.165) is 56.3 Å². The van der Waals surface area contributed by atoms with E-state index in [1.165, 1.54) is 5.56 Å². The summed E-state index contributed by atoms with van der Waals surface area (Å²) in [5.74, 6) is 1.08. The molecule has 0 spiro atoms. The standard InChI is InChI=1S/C25H34ClN3O2/c1-25(2,30-3)23-17-29(22(18-31-23)16-19-7-9-20(26)10-8-19)21-11-14-28(15-12-21)24-6-4-5-13-27-24/h4-10,13,21-23H,11-12,14-18H2,1-3H3/t22-,23?/m0/s1. The van der Waals surface area contributed by atoms with Gasteiger partial charge in [-0.1, -0.05) is 29.8 Å². The van der Waals surface area contributed by atoms with Crippen molar-refractivity contribution in [3.63, 3.8) is 0 Å². The van der Waals surface area contributed by atoms with E-state index in [1.54, 1.807) is 7.11 Å². The lowest BCUT2D eigenvalue weighted by Crippen LogP contribution is -2.61. The second kappa shape index (κ2) is 9.86. The fourth-order valence-corrected chi connectivity index (χ4v) is 4.88. The molecule has 31 heavy (non-hydrogen) atoms. The number of halogens is 1. The molecule has 5 nitrogen and oxygen atoms in total. The van der Waals surface area contributed by atoms with Gasteiger partial charge in [0.2, 0.25) is 0 Å². The first-order valence-corrected chi connectivity index (χ1v) is 11.7. The highest BCUT2D eigenvalue weighted by Gasteiger charge is 2.41. The van der Waals surface area contributed by atoms with Gasteiger partial charge in [-0.15, -0.1) is 0 Å². The lowest BCUT2D eigenvalue weighted by molar-refractivity contribution is -0.165. The Morgan fingerprint density at radius 3 is 2.52 bits per heavy atom. The van der Waals surface area contributed by atoms with Crippen molar-refractivity contribution in [2.45, 2.75) is 56.9 Å². The van der Waals surface area contributed by atoms with Crippen LogP contribution in [0.1, 0.15) is 32.3 Å². The smallest absolute Gasteiger partial charge is 0.128 e. The van der Waals surface area contributed by atoms with Crippen LogP contribution in [-0.4, -0.2) is 67.0 Å². The highest BCUT2D eigenvalue weighted by molar-refractivity contribution is 6.30. The maximum absolute atomic E-state index is 6.34. The molecule has 1 aromatic carbocycles. The molecule has 2 fully saturated rings. The summed E-state index contributed by atoms with van der Waals surface area (Å²) >= 11 is 6.10. The van der Waals surface area contributed by atoms with Crippen molar-refractivity contribution < 1.29 is 9.47 Å². The van der Waals surface area contributed by atoms with E-state index in [0.29, 0.717) is 12.1 Å². The van der Waals surface area contributed by atoms with Crippen molar-refractivity contribution in [1.82, 2.24) is 9.88 Å². The molecule has 1 aromatic heterocycles. The van der Waals surface area contributed by atoms with Crippen LogP contribution in [-0.2, 0) is 15.9 Å². The Balaban J connectivity index is 1.47. The number of hydrogen-bond acceptors (Lipinski definition) is 5. The van der Waals surface area contributed by atoms with Gasteiger partial charge < -0.3 is 14.4 Å². The van der Waals surface area contributed by atoms with E-state index in [4.69, 9.17) is 21.1 Å². The summed E-state index contributed by atoms with van der Waals surface area (Å²) in [6.45, 7) is 7.93. The first-order valence-electron chi connectivity index (χ1n) is 11.3. The normalized spacial score (nSPS) is 23.8. The topological polar surface area (TPSA) is 37.8 Å². The summed E-state index contributed by atoms with van der Waals surface area (Å²) in [5.41, 5.74) is 0.997. The predicted octanol–water partition coefficient (Wildman–Crippen LogP) is 4.44. The Morgan fingerprint density at radius 1 is 1.13 bits per heavy atom. The molecule has 2 atom stereocenters. The van der Waals surface area contributed by atoms with Crippen LogP contribution in [0.3, 0.4) is 0 Å². The predicted molar refractivity (Wildman–Crippen MR) is 126 cm³/mol. The number of pyridine rings is 1. The van der Waals surface area contributed by atoms with Crippen molar-refractivity contribution in [2.75, 3.05) is 38.3 Å². The molecule has 2 aliphatic heterocycles. The van der Waals surface area contributed by atoms with Gasteiger partial charge in [0.25, 0.3) is 0 Å². The van der Waals surface area contributed by atoms with Crippen LogP contribution in [0.25, 0.3) is 0 Å². The fraction of sp³-hybridized carbons (Fsp3) is 0.560. The van der Waals surface area contributed by atoms with E-state index in [1.807, 2.05) is 24.4 Å². The van der Waals surface area contributed by atoms with Gasteiger partial charge in [-0.2, -0.15) is 0 Å². The third kappa shape index (κ3) is 5.40. The molecule has 0 N–H and O–H groups in total. The zero-order valence-corrected chi connectivity index (χ0v) is 19.6. The number of benzene rings is 1. The summed E-state index contributed by atoms with van der Waals surface area (Å²) in [6, 6.07) is 15.3. The molecule has 6 heteroatoms. The van der Waals surface area contributed by atoms with Gasteiger partial charge in [0.15, 0.2) is 0 Å². The van der Waals surface area contributed by atoms with Crippen molar-refractivity contribution in [3.8, 4) is 0 Å². The maximum Gasteiger partial charge on any atom is 0.128 e. The van der Waals surface area contributed by atoms with Crippen LogP contribution in [0, 0.1) is 0 Å². The number of nitrogens with zero attached hydrogens (tertiary/aromatic N) is 3. The lowest BCUT2D eigenvalue weighted by Gasteiger charge is -2.49. The Morgan fingerprint density at radius 2 is 1.87 bits per heavy atom. The molecule has 4 rings (SSSR count). The van der Waals surface area contributed by atoms with Gasteiger partial charge in [-0.05, 0) is 62.9 Å². The highest BCUT2D eigenvalue weighted by Crippen LogP contribution is 2.30. The molecule has 1 unspecified atom stereocenters. The van der Waals surface area contributed by atoms with Crippen molar-refractivity contribution >= 4 is 17.4 Å². The number of methoxy groups -OCH3 is 1. The van der Waals surface area contributed by atoms with Gasteiger partial charge >= 0.3 is 0 Å². The molecule has 0 amide bonds. The molecular formula is C25H34ClN3O2. The molecule has 0 aliphatic carbocycles. The quantitative estimate of drug-likeness (QED) is 0.659. The summed E-state index contributed by atoms with van der Waals surface area (Å²) in [7, 11) is 1.78. The van der Waals surface area contributed by atoms with Crippen LogP contribution in [0.15, 0.2) is 48.7 Å². The Kier molecular flexibility index (Phi) is 7.17. The monoisotopic (exact) mass is 443 g/mol. The molecule has 168 valence electrons. The number of aromatic nitrogens is 1. The molecule has 3 heterocycles. The minimum atomic E-state index is -0.307. The third-order valence-corrected chi connectivity index (χ3v) is 7.18. The van der Waals surface area contributed by atoms with E-state index in [2.05, 4.69) is 52.9 Å². The lowest BCUT2D eigenvalue weighted by atomic mass is 9.92. The largest absolute Gasteiger partial charge is 0.376 e. The zero-order valence-electron chi connectivity index (χ0n) is 18.8. The first kappa shape index (κ1) is 22.5. The number of rotatable bonds is 6. The van der Waals surface area contributed by atoms with Gasteiger partial charge in [-0.3, -0.25) is 4.90 Å². The Hall–Kier alpha value is -1.66. The average molecular weight is 444 g/mol. The molecule has 0 saturated carbocycles. The zero-order chi connectivity index (χ0) is 21.8. The number of piperidine rings is 1. The molecular weight excluding hydrogens is 410 g/mol. The van der Waals surface area contributed by atoms with Crippen molar-refractivity contribution in [1.29, 1.82) is 0 Å².